The van der Waals surface area contributed by atoms with Gasteiger partial charge in [-0.25, -0.2) is 0 Å². The number of nitrogens with two attached hydrogens (primary N) is 1. The highest BCUT2D eigenvalue weighted by molar-refractivity contribution is 5.91. The molecule has 1 aliphatic rings. The maximum absolute atomic E-state index is 12.9. The van der Waals surface area contributed by atoms with Gasteiger partial charge in [0.25, 0.3) is 0 Å². The largest absolute Gasteiger partial charge is 0.374 e. The zero-order chi connectivity index (χ0) is 19.9. The van der Waals surface area contributed by atoms with Crippen molar-refractivity contribution in [1.82, 2.24) is 10.2 Å². The van der Waals surface area contributed by atoms with E-state index in [1.165, 1.54) is 0 Å². The molecular formula is C22H28N4O2. The molecular weight excluding hydrogens is 352 g/mol. The molecule has 0 aliphatic carbocycles. The molecule has 1 heterocycles. The molecule has 2 aromatic carbocycles. The monoisotopic (exact) mass is 380 g/mol. The first-order valence-corrected chi connectivity index (χ1v) is 9.76. The van der Waals surface area contributed by atoms with E-state index in [4.69, 9.17) is 5.73 Å². The number of carbonyl (C=O) groups is 2. The van der Waals surface area contributed by atoms with Crippen LogP contribution in [0, 0.1) is 0 Å². The van der Waals surface area contributed by atoms with Gasteiger partial charge in [-0.15, -0.1) is 0 Å². The highest BCUT2D eigenvalue weighted by Crippen LogP contribution is 2.20. The van der Waals surface area contributed by atoms with Gasteiger partial charge in [-0.3, -0.25) is 9.59 Å². The Morgan fingerprint density at radius 3 is 2.50 bits per heavy atom. The number of para-hydroxylation sites is 1. The van der Waals surface area contributed by atoms with Crippen LogP contribution in [0.4, 0.5) is 5.69 Å². The average molecular weight is 380 g/mol. The first-order chi connectivity index (χ1) is 13.6. The van der Waals surface area contributed by atoms with E-state index in [2.05, 4.69) is 10.6 Å². The van der Waals surface area contributed by atoms with E-state index in [1.807, 2.05) is 61.5 Å². The molecule has 1 saturated heterocycles. The summed E-state index contributed by atoms with van der Waals surface area (Å²) in [5.41, 5.74) is 8.68. The summed E-state index contributed by atoms with van der Waals surface area (Å²) in [5.74, 6) is -0.159. The third-order valence-electron chi connectivity index (χ3n) is 5.16. The summed E-state index contributed by atoms with van der Waals surface area (Å²) in [4.78, 5) is 27.4. The number of rotatable bonds is 7. The van der Waals surface area contributed by atoms with Crippen LogP contribution >= 0.6 is 0 Å². The Balaban J connectivity index is 1.60. The molecule has 148 valence electrons. The van der Waals surface area contributed by atoms with Gasteiger partial charge in [0.1, 0.15) is 12.1 Å². The Labute approximate surface area is 166 Å². The summed E-state index contributed by atoms with van der Waals surface area (Å²) in [6, 6.07) is 16.6. The van der Waals surface area contributed by atoms with E-state index < -0.39 is 12.1 Å². The van der Waals surface area contributed by atoms with Gasteiger partial charge >= 0.3 is 0 Å². The molecule has 4 N–H and O–H groups in total. The molecule has 6 heteroatoms. The summed E-state index contributed by atoms with van der Waals surface area (Å²) in [6.45, 7) is 3.29. The lowest BCUT2D eigenvalue weighted by Gasteiger charge is -2.27. The van der Waals surface area contributed by atoms with Gasteiger partial charge in [-0.05, 0) is 43.0 Å². The first kappa shape index (κ1) is 19.9. The van der Waals surface area contributed by atoms with E-state index >= 15 is 0 Å². The van der Waals surface area contributed by atoms with E-state index in [0.717, 1.165) is 23.2 Å². The van der Waals surface area contributed by atoms with Crippen LogP contribution in [0.25, 0.3) is 0 Å². The number of anilines is 1. The molecule has 0 bridgehead atoms. The molecule has 3 rings (SSSR count). The van der Waals surface area contributed by atoms with Crippen molar-refractivity contribution in [2.75, 3.05) is 11.9 Å². The lowest BCUT2D eigenvalue weighted by molar-refractivity contribution is -0.138. The van der Waals surface area contributed by atoms with Crippen LogP contribution in [0.5, 0.6) is 0 Å². The number of nitrogens with one attached hydrogen (secondary N) is 2. The average Bonchev–Trinajstić information content (AvgIpc) is 3.22. The number of hydrogen-bond acceptors (Lipinski definition) is 4. The van der Waals surface area contributed by atoms with Gasteiger partial charge in [0.05, 0.1) is 0 Å². The SMILES string of the molecule is C[C@@H](Nc1ccccc1)C(=O)N1CCC[C@H]1C(=O)NCc1ccccc1CN. The Bertz CT molecular complexity index is 809. The third-order valence-corrected chi connectivity index (χ3v) is 5.16. The fourth-order valence-electron chi connectivity index (χ4n) is 3.63. The van der Waals surface area contributed by atoms with E-state index in [9.17, 15) is 9.59 Å². The van der Waals surface area contributed by atoms with Gasteiger partial charge in [-0.1, -0.05) is 42.5 Å². The van der Waals surface area contributed by atoms with Crippen LogP contribution in [0.3, 0.4) is 0 Å². The summed E-state index contributed by atoms with van der Waals surface area (Å²) in [7, 11) is 0. The fourth-order valence-corrected chi connectivity index (χ4v) is 3.63. The predicted molar refractivity (Wildman–Crippen MR) is 110 cm³/mol. The number of amides is 2. The van der Waals surface area contributed by atoms with Crippen molar-refractivity contribution in [3.8, 4) is 0 Å². The van der Waals surface area contributed by atoms with Crippen molar-refractivity contribution in [3.63, 3.8) is 0 Å². The summed E-state index contributed by atoms with van der Waals surface area (Å²) < 4.78 is 0. The molecule has 0 spiro atoms. The van der Waals surface area contributed by atoms with Crippen LogP contribution in [-0.2, 0) is 22.7 Å². The summed E-state index contributed by atoms with van der Waals surface area (Å²) in [5, 5.41) is 6.19. The van der Waals surface area contributed by atoms with Crippen molar-refractivity contribution in [2.24, 2.45) is 5.73 Å². The zero-order valence-corrected chi connectivity index (χ0v) is 16.2. The minimum Gasteiger partial charge on any atom is -0.374 e. The van der Waals surface area contributed by atoms with Crippen LogP contribution in [0.2, 0.25) is 0 Å². The summed E-state index contributed by atoms with van der Waals surface area (Å²) >= 11 is 0. The van der Waals surface area contributed by atoms with Crippen LogP contribution in [-0.4, -0.2) is 35.3 Å². The van der Waals surface area contributed by atoms with Crippen LogP contribution < -0.4 is 16.4 Å². The van der Waals surface area contributed by atoms with Crippen molar-refractivity contribution < 1.29 is 9.59 Å². The predicted octanol–water partition coefficient (Wildman–Crippen LogP) is 2.25. The molecule has 0 unspecified atom stereocenters. The van der Waals surface area contributed by atoms with Crippen LogP contribution in [0.1, 0.15) is 30.9 Å². The molecule has 0 radical (unpaired) electrons. The lowest BCUT2D eigenvalue weighted by atomic mass is 10.1. The Hall–Kier alpha value is -2.86. The molecule has 1 aliphatic heterocycles. The maximum Gasteiger partial charge on any atom is 0.245 e. The van der Waals surface area contributed by atoms with Crippen molar-refractivity contribution in [3.05, 3.63) is 65.7 Å². The first-order valence-electron chi connectivity index (χ1n) is 9.76. The topological polar surface area (TPSA) is 87.5 Å². The number of hydrogen-bond donors (Lipinski definition) is 3. The van der Waals surface area contributed by atoms with Gasteiger partial charge in [-0.2, -0.15) is 0 Å². The highest BCUT2D eigenvalue weighted by Gasteiger charge is 2.35. The van der Waals surface area contributed by atoms with Crippen molar-refractivity contribution in [2.45, 2.75) is 44.9 Å². The fraction of sp³-hybridized carbons (Fsp3) is 0.364. The number of carbonyl (C=O) groups excluding carboxylic acids is 2. The second kappa shape index (κ2) is 9.37. The molecule has 6 nitrogen and oxygen atoms in total. The highest BCUT2D eigenvalue weighted by atomic mass is 16.2. The number of benzene rings is 2. The molecule has 28 heavy (non-hydrogen) atoms. The van der Waals surface area contributed by atoms with Gasteiger partial charge in [0, 0.05) is 25.3 Å². The molecule has 2 amide bonds. The summed E-state index contributed by atoms with van der Waals surface area (Å²) in [6.07, 6.45) is 1.52. The molecule has 2 aromatic rings. The Kier molecular flexibility index (Phi) is 6.66. The Morgan fingerprint density at radius 1 is 1.11 bits per heavy atom. The molecule has 0 aromatic heterocycles. The van der Waals surface area contributed by atoms with Gasteiger partial charge in [0.15, 0.2) is 0 Å². The standard InChI is InChI=1S/C22H28N4O2/c1-16(25-19-10-3-2-4-11-19)22(28)26-13-7-12-20(26)21(27)24-15-18-9-6-5-8-17(18)14-23/h2-6,8-11,16,20,25H,7,12-15,23H2,1H3,(H,24,27)/t16-,20+/m1/s1. The number of likely N-dealkylation sites (tertiary alicyclic amines) is 1. The molecule has 1 fully saturated rings. The minimum atomic E-state index is -0.419. The van der Waals surface area contributed by atoms with Crippen molar-refractivity contribution >= 4 is 17.5 Å². The zero-order valence-electron chi connectivity index (χ0n) is 16.2. The lowest BCUT2D eigenvalue weighted by Crippen LogP contribution is -2.50. The molecule has 0 saturated carbocycles. The van der Waals surface area contributed by atoms with E-state index in [0.29, 0.717) is 26.1 Å². The smallest absolute Gasteiger partial charge is 0.245 e. The number of nitrogens with zero attached hydrogens (tertiary/aromatic N) is 1. The quantitative estimate of drug-likeness (QED) is 0.688. The van der Waals surface area contributed by atoms with Crippen LogP contribution in [0.15, 0.2) is 54.6 Å². The van der Waals surface area contributed by atoms with Gasteiger partial charge < -0.3 is 21.3 Å². The minimum absolute atomic E-state index is 0.0520. The van der Waals surface area contributed by atoms with Gasteiger partial charge in [0.2, 0.25) is 11.8 Å². The van der Waals surface area contributed by atoms with E-state index in [-0.39, 0.29) is 11.8 Å². The van der Waals surface area contributed by atoms with Crippen molar-refractivity contribution in [1.29, 1.82) is 0 Å². The maximum atomic E-state index is 12.9. The second-order valence-electron chi connectivity index (χ2n) is 7.11. The normalized spacial score (nSPS) is 17.2. The Morgan fingerprint density at radius 2 is 1.79 bits per heavy atom. The second-order valence-corrected chi connectivity index (χ2v) is 7.11. The third kappa shape index (κ3) is 4.70. The van der Waals surface area contributed by atoms with E-state index in [1.54, 1.807) is 4.90 Å². The molecule has 2 atom stereocenters.